The van der Waals surface area contributed by atoms with Gasteiger partial charge in [-0.15, -0.1) is 0 Å². The lowest BCUT2D eigenvalue weighted by atomic mass is 9.92. The molecule has 6 heteroatoms. The predicted molar refractivity (Wildman–Crippen MR) is 93.7 cm³/mol. The number of urea groups is 1. The highest BCUT2D eigenvalue weighted by Crippen LogP contribution is 2.29. The van der Waals surface area contributed by atoms with Gasteiger partial charge in [0.25, 0.3) is 5.91 Å². The van der Waals surface area contributed by atoms with E-state index in [4.69, 9.17) is 0 Å². The highest BCUT2D eigenvalue weighted by Gasteiger charge is 2.49. The molecule has 6 nitrogen and oxygen atoms in total. The van der Waals surface area contributed by atoms with Crippen LogP contribution in [-0.2, 0) is 15.1 Å². The zero-order valence-corrected chi connectivity index (χ0v) is 14.8. The molecule has 1 heterocycles. The van der Waals surface area contributed by atoms with E-state index in [1.165, 1.54) is 6.42 Å². The molecule has 2 fully saturated rings. The van der Waals surface area contributed by atoms with Crippen molar-refractivity contribution in [2.75, 3.05) is 13.6 Å². The molecule has 1 aromatic rings. The molecule has 1 atom stereocenters. The average Bonchev–Trinajstić information content (AvgIpc) is 2.86. The number of nitrogens with zero attached hydrogens (tertiary/aromatic N) is 2. The number of imide groups is 1. The van der Waals surface area contributed by atoms with Gasteiger partial charge in [-0.25, -0.2) is 4.79 Å². The Morgan fingerprint density at radius 1 is 1.20 bits per heavy atom. The van der Waals surface area contributed by atoms with E-state index in [9.17, 15) is 14.4 Å². The van der Waals surface area contributed by atoms with E-state index >= 15 is 0 Å². The summed E-state index contributed by atoms with van der Waals surface area (Å²) in [7, 11) is 1.77. The molecule has 134 valence electrons. The van der Waals surface area contributed by atoms with Gasteiger partial charge < -0.3 is 10.2 Å². The van der Waals surface area contributed by atoms with Crippen LogP contribution in [0, 0.1) is 0 Å². The Morgan fingerprint density at radius 2 is 1.84 bits per heavy atom. The van der Waals surface area contributed by atoms with Gasteiger partial charge in [-0.1, -0.05) is 49.6 Å². The van der Waals surface area contributed by atoms with Crippen LogP contribution in [0.3, 0.4) is 0 Å². The summed E-state index contributed by atoms with van der Waals surface area (Å²) in [4.78, 5) is 40.5. The zero-order valence-electron chi connectivity index (χ0n) is 14.8. The Balaban J connectivity index is 1.71. The molecule has 1 aliphatic carbocycles. The van der Waals surface area contributed by atoms with Crippen molar-refractivity contribution in [3.63, 3.8) is 0 Å². The van der Waals surface area contributed by atoms with Gasteiger partial charge in [0, 0.05) is 13.1 Å². The fourth-order valence-corrected chi connectivity index (χ4v) is 3.73. The van der Waals surface area contributed by atoms with E-state index in [0.29, 0.717) is 5.56 Å². The number of nitrogens with one attached hydrogen (secondary N) is 1. The summed E-state index contributed by atoms with van der Waals surface area (Å²) in [5, 5.41) is 2.74. The third kappa shape index (κ3) is 3.25. The maximum atomic E-state index is 12.8. The number of benzene rings is 1. The van der Waals surface area contributed by atoms with Crippen molar-refractivity contribution in [3.05, 3.63) is 35.9 Å². The van der Waals surface area contributed by atoms with Gasteiger partial charge in [0.1, 0.15) is 12.1 Å². The van der Waals surface area contributed by atoms with Gasteiger partial charge >= 0.3 is 6.03 Å². The Bertz CT molecular complexity index is 670. The topological polar surface area (TPSA) is 69.7 Å². The van der Waals surface area contributed by atoms with Crippen LogP contribution in [0.1, 0.15) is 44.6 Å². The van der Waals surface area contributed by atoms with Crippen LogP contribution in [0.2, 0.25) is 0 Å². The molecule has 0 bridgehead atoms. The lowest BCUT2D eigenvalue weighted by Gasteiger charge is -2.32. The van der Waals surface area contributed by atoms with Crippen LogP contribution in [-0.4, -0.2) is 47.3 Å². The molecule has 0 unspecified atom stereocenters. The normalized spacial score (nSPS) is 24.3. The first-order valence-electron chi connectivity index (χ1n) is 8.89. The van der Waals surface area contributed by atoms with Gasteiger partial charge in [0.15, 0.2) is 0 Å². The minimum Gasteiger partial charge on any atom is -0.341 e. The molecular weight excluding hydrogens is 318 g/mol. The van der Waals surface area contributed by atoms with E-state index in [1.807, 2.05) is 18.2 Å². The van der Waals surface area contributed by atoms with Gasteiger partial charge in [-0.05, 0) is 25.3 Å². The van der Waals surface area contributed by atoms with Crippen molar-refractivity contribution in [2.45, 2.75) is 50.6 Å². The van der Waals surface area contributed by atoms with Gasteiger partial charge in [0.05, 0.1) is 0 Å². The number of rotatable bonds is 4. The fourth-order valence-electron chi connectivity index (χ4n) is 3.73. The molecule has 2 aliphatic rings. The van der Waals surface area contributed by atoms with Crippen molar-refractivity contribution >= 4 is 17.8 Å². The van der Waals surface area contributed by atoms with Crippen LogP contribution >= 0.6 is 0 Å². The van der Waals surface area contributed by atoms with E-state index in [0.717, 1.165) is 30.6 Å². The van der Waals surface area contributed by atoms with Gasteiger partial charge in [-0.3, -0.25) is 14.5 Å². The van der Waals surface area contributed by atoms with E-state index in [-0.39, 0.29) is 24.4 Å². The maximum absolute atomic E-state index is 12.8. The molecular formula is C19H25N3O3. The first-order valence-corrected chi connectivity index (χ1v) is 8.89. The number of carbonyl (C=O) groups excluding carboxylic acids is 3. The fraction of sp³-hybridized carbons (Fsp3) is 0.526. The number of amides is 4. The van der Waals surface area contributed by atoms with E-state index < -0.39 is 11.6 Å². The van der Waals surface area contributed by atoms with E-state index in [2.05, 4.69) is 5.32 Å². The Hall–Kier alpha value is -2.37. The predicted octanol–water partition coefficient (Wildman–Crippen LogP) is 2.24. The molecule has 25 heavy (non-hydrogen) atoms. The van der Waals surface area contributed by atoms with Crippen LogP contribution in [0.15, 0.2) is 30.3 Å². The second kappa shape index (κ2) is 6.86. The molecule has 1 saturated carbocycles. The van der Waals surface area contributed by atoms with Gasteiger partial charge in [-0.2, -0.15) is 0 Å². The molecule has 3 rings (SSSR count). The summed E-state index contributed by atoms with van der Waals surface area (Å²) in [6.07, 6.45) is 5.43. The second-order valence-corrected chi connectivity index (χ2v) is 7.11. The summed E-state index contributed by atoms with van der Waals surface area (Å²) in [5.74, 6) is -0.568. The maximum Gasteiger partial charge on any atom is 0.325 e. The SMILES string of the molecule is CN(C(=O)CN1C(=O)N[C@](C)(c2ccccc2)C1=O)C1CCCCC1. The molecule has 1 saturated heterocycles. The van der Waals surface area contributed by atoms with Crippen molar-refractivity contribution in [3.8, 4) is 0 Å². The molecule has 1 aliphatic heterocycles. The Kier molecular flexibility index (Phi) is 4.79. The van der Waals surface area contributed by atoms with Crippen molar-refractivity contribution in [1.29, 1.82) is 0 Å². The van der Waals surface area contributed by atoms with Crippen LogP contribution in [0.4, 0.5) is 4.79 Å². The highest BCUT2D eigenvalue weighted by molar-refractivity contribution is 6.09. The second-order valence-electron chi connectivity index (χ2n) is 7.11. The van der Waals surface area contributed by atoms with Gasteiger partial charge in [0.2, 0.25) is 5.91 Å². The quantitative estimate of drug-likeness (QED) is 0.853. The third-order valence-electron chi connectivity index (χ3n) is 5.44. The molecule has 1 N–H and O–H groups in total. The Morgan fingerprint density at radius 3 is 2.48 bits per heavy atom. The standard InChI is InChI=1S/C19H25N3O3/c1-19(14-9-5-3-6-10-14)17(24)22(18(25)20-19)13-16(23)21(2)15-11-7-4-8-12-15/h3,5-6,9-10,15H,4,7-8,11-13H2,1-2H3,(H,20,25)/t19-/m1/s1. The lowest BCUT2D eigenvalue weighted by molar-refractivity contribution is -0.139. The minimum atomic E-state index is -1.12. The average molecular weight is 343 g/mol. The number of carbonyl (C=O) groups is 3. The first-order chi connectivity index (χ1) is 11.9. The number of hydrogen-bond donors (Lipinski definition) is 1. The summed E-state index contributed by atoms with van der Waals surface area (Å²) < 4.78 is 0. The van der Waals surface area contributed by atoms with Crippen molar-refractivity contribution in [1.82, 2.24) is 15.1 Å². The highest BCUT2D eigenvalue weighted by atomic mass is 16.2. The lowest BCUT2D eigenvalue weighted by Crippen LogP contribution is -2.46. The molecule has 1 aromatic carbocycles. The largest absolute Gasteiger partial charge is 0.341 e. The monoisotopic (exact) mass is 343 g/mol. The van der Waals surface area contributed by atoms with Crippen LogP contribution < -0.4 is 5.32 Å². The smallest absolute Gasteiger partial charge is 0.325 e. The van der Waals surface area contributed by atoms with E-state index in [1.54, 1.807) is 31.0 Å². The summed E-state index contributed by atoms with van der Waals surface area (Å²) in [5.41, 5.74) is -0.411. The number of likely N-dealkylation sites (N-methyl/N-ethyl adjacent to an activating group) is 1. The van der Waals surface area contributed by atoms with Crippen molar-refractivity contribution < 1.29 is 14.4 Å². The molecule has 0 radical (unpaired) electrons. The summed E-state index contributed by atoms with van der Waals surface area (Å²) in [6.45, 7) is 1.47. The minimum absolute atomic E-state index is 0.187. The molecule has 0 spiro atoms. The number of hydrogen-bond acceptors (Lipinski definition) is 3. The molecule has 4 amide bonds. The Labute approximate surface area is 148 Å². The summed E-state index contributed by atoms with van der Waals surface area (Å²) >= 11 is 0. The van der Waals surface area contributed by atoms with Crippen molar-refractivity contribution in [2.24, 2.45) is 0 Å². The first kappa shape index (κ1) is 17.5. The van der Waals surface area contributed by atoms with Crippen LogP contribution in [0.25, 0.3) is 0 Å². The van der Waals surface area contributed by atoms with Crippen LogP contribution in [0.5, 0.6) is 0 Å². The molecule has 0 aromatic heterocycles. The third-order valence-corrected chi connectivity index (χ3v) is 5.44. The summed E-state index contributed by atoms with van der Waals surface area (Å²) in [6, 6.07) is 8.81. The zero-order chi connectivity index (χ0) is 18.0.